The van der Waals surface area contributed by atoms with Crippen molar-refractivity contribution in [3.8, 4) is 5.75 Å². The molecule has 0 aliphatic carbocycles. The van der Waals surface area contributed by atoms with E-state index in [1.54, 1.807) is 7.11 Å². The van der Waals surface area contributed by atoms with Crippen molar-refractivity contribution in [3.63, 3.8) is 0 Å². The average Bonchev–Trinajstić information content (AvgIpc) is 3.17. The third-order valence-electron chi connectivity index (χ3n) is 5.00. The molecule has 0 aromatic heterocycles. The van der Waals surface area contributed by atoms with Crippen LogP contribution in [0.1, 0.15) is 29.5 Å². The molecule has 5 heteroatoms. The highest BCUT2D eigenvalue weighted by Gasteiger charge is 2.22. The molecule has 1 N–H and O–H groups in total. The van der Waals surface area contributed by atoms with Crippen LogP contribution >= 0.6 is 12.2 Å². The van der Waals surface area contributed by atoms with Gasteiger partial charge < -0.3 is 19.7 Å². The van der Waals surface area contributed by atoms with Crippen LogP contribution in [0, 0.1) is 13.8 Å². The lowest BCUT2D eigenvalue weighted by Crippen LogP contribution is -2.39. The third kappa shape index (κ3) is 4.99. The predicted octanol–water partition coefficient (Wildman–Crippen LogP) is 4.69. The highest BCUT2D eigenvalue weighted by molar-refractivity contribution is 7.80. The Morgan fingerprint density at radius 1 is 1.19 bits per heavy atom. The van der Waals surface area contributed by atoms with E-state index in [1.165, 1.54) is 11.1 Å². The second-order valence-corrected chi connectivity index (χ2v) is 7.41. The van der Waals surface area contributed by atoms with Gasteiger partial charge in [-0.25, -0.2) is 0 Å². The molecule has 0 amide bonds. The molecule has 1 aliphatic heterocycles. The number of nitrogens with one attached hydrogen (secondary N) is 1. The number of ether oxygens (including phenoxy) is 2. The first-order valence-electron chi connectivity index (χ1n) is 9.44. The van der Waals surface area contributed by atoms with Gasteiger partial charge in [-0.1, -0.05) is 36.4 Å². The number of methoxy groups -OCH3 is 1. The Kier molecular flexibility index (Phi) is 6.69. The molecule has 0 bridgehead atoms. The minimum Gasteiger partial charge on any atom is -0.496 e. The fourth-order valence-corrected chi connectivity index (χ4v) is 3.73. The number of rotatable bonds is 6. The van der Waals surface area contributed by atoms with Crippen LogP contribution in [0.4, 0.5) is 5.69 Å². The average molecular weight is 385 g/mol. The predicted molar refractivity (Wildman–Crippen MR) is 115 cm³/mol. The number of hydrogen-bond donors (Lipinski definition) is 1. The highest BCUT2D eigenvalue weighted by Crippen LogP contribution is 2.24. The molecule has 144 valence electrons. The zero-order valence-electron chi connectivity index (χ0n) is 16.3. The number of nitrogens with zero attached hydrogens (tertiary/aromatic N) is 1. The standard InChI is InChI=1S/C22H28N2O2S/c1-16-8-6-9-17(2)21(16)23-22(27)24(15-19-11-7-13-26-19)14-18-10-4-5-12-20(18)25-3/h4-6,8-10,12,19H,7,11,13-15H2,1-3H3,(H,23,27). The van der Waals surface area contributed by atoms with Gasteiger partial charge in [0.15, 0.2) is 5.11 Å². The lowest BCUT2D eigenvalue weighted by atomic mass is 10.1. The quantitative estimate of drug-likeness (QED) is 0.731. The molecule has 0 spiro atoms. The maximum Gasteiger partial charge on any atom is 0.173 e. The van der Waals surface area contributed by atoms with Gasteiger partial charge in [0, 0.05) is 30.9 Å². The van der Waals surface area contributed by atoms with Gasteiger partial charge >= 0.3 is 0 Å². The summed E-state index contributed by atoms with van der Waals surface area (Å²) in [7, 11) is 1.70. The zero-order chi connectivity index (χ0) is 19.2. The molecular formula is C22H28N2O2S. The van der Waals surface area contributed by atoms with E-state index in [-0.39, 0.29) is 6.10 Å². The number of hydrogen-bond acceptors (Lipinski definition) is 3. The molecule has 1 aliphatic rings. The summed E-state index contributed by atoms with van der Waals surface area (Å²) in [5.41, 5.74) is 4.57. The lowest BCUT2D eigenvalue weighted by molar-refractivity contribution is 0.0903. The third-order valence-corrected chi connectivity index (χ3v) is 5.36. The molecule has 27 heavy (non-hydrogen) atoms. The maximum atomic E-state index is 5.87. The Hall–Kier alpha value is -2.11. The highest BCUT2D eigenvalue weighted by atomic mass is 32.1. The van der Waals surface area contributed by atoms with E-state index in [4.69, 9.17) is 21.7 Å². The minimum absolute atomic E-state index is 0.220. The first-order valence-corrected chi connectivity index (χ1v) is 9.85. The van der Waals surface area contributed by atoms with Crippen LogP contribution in [-0.2, 0) is 11.3 Å². The number of para-hydroxylation sites is 2. The molecule has 1 heterocycles. The largest absolute Gasteiger partial charge is 0.496 e. The van der Waals surface area contributed by atoms with E-state index >= 15 is 0 Å². The van der Waals surface area contributed by atoms with Crippen molar-refractivity contribution in [1.29, 1.82) is 0 Å². The summed E-state index contributed by atoms with van der Waals surface area (Å²) in [5, 5.41) is 4.19. The first-order chi connectivity index (χ1) is 13.1. The van der Waals surface area contributed by atoms with Crippen molar-refractivity contribution in [3.05, 3.63) is 59.2 Å². The van der Waals surface area contributed by atoms with Gasteiger partial charge in [0.25, 0.3) is 0 Å². The van der Waals surface area contributed by atoms with Gasteiger partial charge in [0.05, 0.1) is 13.2 Å². The van der Waals surface area contributed by atoms with Crippen molar-refractivity contribution in [2.45, 2.75) is 39.3 Å². The minimum atomic E-state index is 0.220. The van der Waals surface area contributed by atoms with Gasteiger partial charge in [-0.15, -0.1) is 0 Å². The number of aryl methyl sites for hydroxylation is 2. The van der Waals surface area contributed by atoms with Gasteiger partial charge in [0.2, 0.25) is 0 Å². The van der Waals surface area contributed by atoms with Crippen LogP contribution in [-0.4, -0.2) is 36.4 Å². The van der Waals surface area contributed by atoms with Crippen LogP contribution in [0.3, 0.4) is 0 Å². The van der Waals surface area contributed by atoms with Gasteiger partial charge in [-0.05, 0) is 56.1 Å². The fraction of sp³-hybridized carbons (Fsp3) is 0.409. The summed E-state index contributed by atoms with van der Waals surface area (Å²) in [4.78, 5) is 2.19. The van der Waals surface area contributed by atoms with E-state index in [0.717, 1.165) is 43.0 Å². The van der Waals surface area contributed by atoms with Crippen LogP contribution in [0.15, 0.2) is 42.5 Å². The number of benzene rings is 2. The van der Waals surface area contributed by atoms with Crippen molar-refractivity contribution in [2.75, 3.05) is 25.6 Å². The fourth-order valence-electron chi connectivity index (χ4n) is 3.49. The summed E-state index contributed by atoms with van der Waals surface area (Å²) in [5.74, 6) is 0.879. The summed E-state index contributed by atoms with van der Waals surface area (Å²) < 4.78 is 11.4. The molecule has 1 fully saturated rings. The van der Waals surface area contributed by atoms with Crippen molar-refractivity contribution in [1.82, 2.24) is 4.90 Å². The summed E-state index contributed by atoms with van der Waals surface area (Å²) >= 11 is 5.81. The van der Waals surface area contributed by atoms with Gasteiger partial charge in [-0.3, -0.25) is 0 Å². The molecule has 0 radical (unpaired) electrons. The zero-order valence-corrected chi connectivity index (χ0v) is 17.1. The molecule has 2 aromatic rings. The van der Waals surface area contributed by atoms with E-state index < -0.39 is 0 Å². The van der Waals surface area contributed by atoms with E-state index in [2.05, 4.69) is 48.3 Å². The van der Waals surface area contributed by atoms with E-state index in [0.29, 0.717) is 11.7 Å². The smallest absolute Gasteiger partial charge is 0.173 e. The molecule has 1 atom stereocenters. The van der Waals surface area contributed by atoms with Crippen LogP contribution in [0.2, 0.25) is 0 Å². The molecule has 1 saturated heterocycles. The number of anilines is 1. The van der Waals surface area contributed by atoms with E-state index in [9.17, 15) is 0 Å². The first kappa shape index (κ1) is 19.6. The molecule has 3 rings (SSSR count). The normalized spacial score (nSPS) is 16.2. The summed E-state index contributed by atoms with van der Waals surface area (Å²) in [6, 6.07) is 14.4. The molecule has 1 unspecified atom stereocenters. The summed E-state index contributed by atoms with van der Waals surface area (Å²) in [6.07, 6.45) is 2.41. The molecule has 4 nitrogen and oxygen atoms in total. The monoisotopic (exact) mass is 384 g/mol. The Balaban J connectivity index is 1.81. The van der Waals surface area contributed by atoms with Crippen LogP contribution in [0.5, 0.6) is 5.75 Å². The van der Waals surface area contributed by atoms with Crippen molar-refractivity contribution < 1.29 is 9.47 Å². The second kappa shape index (κ2) is 9.20. The van der Waals surface area contributed by atoms with Crippen molar-refractivity contribution >= 4 is 23.0 Å². The summed E-state index contributed by atoms with van der Waals surface area (Å²) in [6.45, 7) is 6.49. The Morgan fingerprint density at radius 2 is 1.93 bits per heavy atom. The molecule has 0 saturated carbocycles. The van der Waals surface area contributed by atoms with Crippen molar-refractivity contribution in [2.24, 2.45) is 0 Å². The molecule has 2 aromatic carbocycles. The topological polar surface area (TPSA) is 33.7 Å². The van der Waals surface area contributed by atoms with Gasteiger partial charge in [0.1, 0.15) is 5.75 Å². The maximum absolute atomic E-state index is 5.87. The van der Waals surface area contributed by atoms with E-state index in [1.807, 2.05) is 18.2 Å². The van der Waals surface area contributed by atoms with Crippen LogP contribution < -0.4 is 10.1 Å². The molecular weight excluding hydrogens is 356 g/mol. The lowest BCUT2D eigenvalue weighted by Gasteiger charge is -2.29. The Bertz CT molecular complexity index is 767. The number of thiocarbonyl (C=S) groups is 1. The van der Waals surface area contributed by atoms with Gasteiger partial charge in [-0.2, -0.15) is 0 Å². The SMILES string of the molecule is COc1ccccc1CN(CC1CCCO1)C(=S)Nc1c(C)cccc1C. The second-order valence-electron chi connectivity index (χ2n) is 7.02. The Labute approximate surface area is 167 Å². The van der Waals surface area contributed by atoms with Crippen LogP contribution in [0.25, 0.3) is 0 Å². The Morgan fingerprint density at radius 3 is 2.59 bits per heavy atom.